The fraction of sp³-hybridized carbons (Fsp3) is 0.188. The Hall–Kier alpha value is -10.6. The van der Waals surface area contributed by atoms with Gasteiger partial charge in [-0.05, 0) is 103 Å². The Kier molecular flexibility index (Phi) is 20.8. The zero-order valence-corrected chi connectivity index (χ0v) is 47.5. The molecule has 0 N–H and O–H groups in total. The summed E-state index contributed by atoms with van der Waals surface area (Å²) in [6.45, 7) is -1.71. The minimum absolute atomic E-state index is 0.00485. The molecule has 2 aliphatic heterocycles. The normalized spacial score (nSPS) is 20.8. The molecule has 2 fully saturated rings. The van der Waals surface area contributed by atoms with E-state index in [9.17, 15) is 33.6 Å². The van der Waals surface area contributed by atoms with Crippen LogP contribution in [-0.2, 0) is 58.8 Å². The first-order valence-electron chi connectivity index (χ1n) is 28.0. The molecule has 10 rings (SSSR count). The first-order valence-corrected chi connectivity index (χ1v) is 28.0. The van der Waals surface area contributed by atoms with Crippen LogP contribution in [0.1, 0.15) is 78.1 Å². The monoisotopic (exact) mass is 1200 g/mol. The van der Waals surface area contributed by atoms with Crippen LogP contribution in [0, 0.1) is 0 Å². The van der Waals surface area contributed by atoms with Gasteiger partial charge in [0.15, 0.2) is 36.4 Å². The lowest BCUT2D eigenvalue weighted by Gasteiger charge is -2.47. The van der Waals surface area contributed by atoms with Crippen LogP contribution in [0.15, 0.2) is 242 Å². The van der Waals surface area contributed by atoms with Crippen molar-refractivity contribution in [3.05, 3.63) is 281 Å². The largest absolute Gasteiger partial charge is 0.497 e. The van der Waals surface area contributed by atoms with Crippen LogP contribution in [0.3, 0.4) is 0 Å². The van der Waals surface area contributed by atoms with Gasteiger partial charge in [-0.25, -0.2) is 33.6 Å². The molecule has 2 saturated heterocycles. The number of nitrogens with zero attached hydrogens (tertiary/aromatic N) is 1. The standard InChI is InChI=1S/C69H57NO19/c1-78-52-39-37-44(38-40-52)41-81-68-55(70-89-67(77)51-35-21-8-22-36-51)58(85-64(74)48-29-15-5-16-30-48)56(53(82-68)42-79-61(71)45-23-9-2-10-24-45)88-69-60(87-66(76)50-33-19-7-20-34-50)59(86-65(75)49-31-17-6-18-32-49)57(84-63(73)47-27-13-4-14-28-47)54(83-69)43-80-62(72)46-25-11-3-12-26-46/h2-40,53-54,56-60,68-69H,41-43H2,1H3/t53-,54-,56-,57+,58-,59+,60-,68+,69+/m1/s1. The lowest BCUT2D eigenvalue weighted by molar-refractivity contribution is -0.329. The molecule has 0 aromatic heterocycles. The highest BCUT2D eigenvalue weighted by Crippen LogP contribution is 2.36. The van der Waals surface area contributed by atoms with Crippen molar-refractivity contribution in [1.29, 1.82) is 0 Å². The molecule has 8 aromatic carbocycles. The van der Waals surface area contributed by atoms with Crippen LogP contribution >= 0.6 is 0 Å². The Bertz CT molecular complexity index is 3700. The van der Waals surface area contributed by atoms with Crippen molar-refractivity contribution in [1.82, 2.24) is 0 Å². The second-order valence-electron chi connectivity index (χ2n) is 19.9. The maximum absolute atomic E-state index is 14.7. The highest BCUT2D eigenvalue weighted by molar-refractivity contribution is 5.98. The van der Waals surface area contributed by atoms with Gasteiger partial charge >= 0.3 is 41.8 Å². The number of esters is 6. The van der Waals surface area contributed by atoms with Crippen molar-refractivity contribution in [3.8, 4) is 5.75 Å². The van der Waals surface area contributed by atoms with Gasteiger partial charge in [0.1, 0.15) is 37.3 Å². The number of rotatable bonds is 22. The minimum Gasteiger partial charge on any atom is -0.497 e. The Morgan fingerprint density at radius 2 is 0.742 bits per heavy atom. The third-order valence-electron chi connectivity index (χ3n) is 14.0. The van der Waals surface area contributed by atoms with E-state index in [1.165, 1.54) is 92.0 Å². The Balaban J connectivity index is 1.14. The van der Waals surface area contributed by atoms with Crippen LogP contribution < -0.4 is 4.74 Å². The first-order chi connectivity index (χ1) is 43.5. The molecule has 0 amide bonds. The number of carbonyl (C=O) groups is 7. The summed E-state index contributed by atoms with van der Waals surface area (Å²) in [7, 11) is 1.51. The van der Waals surface area contributed by atoms with Crippen molar-refractivity contribution in [2.75, 3.05) is 20.3 Å². The zero-order valence-electron chi connectivity index (χ0n) is 47.5. The van der Waals surface area contributed by atoms with E-state index in [1.54, 1.807) is 152 Å². The van der Waals surface area contributed by atoms with E-state index < -0.39 is 116 Å². The molecule has 0 bridgehead atoms. The summed E-state index contributed by atoms with van der Waals surface area (Å²) in [6, 6.07) is 61.5. The van der Waals surface area contributed by atoms with Crippen LogP contribution in [0.2, 0.25) is 0 Å². The van der Waals surface area contributed by atoms with Gasteiger partial charge in [-0.3, -0.25) is 0 Å². The minimum atomic E-state index is -2.09. The topological polar surface area (TPSA) is 243 Å². The number of benzene rings is 8. The van der Waals surface area contributed by atoms with Crippen molar-refractivity contribution in [2.24, 2.45) is 5.16 Å². The van der Waals surface area contributed by atoms with E-state index in [4.69, 9.17) is 56.9 Å². The van der Waals surface area contributed by atoms with Crippen LogP contribution in [0.5, 0.6) is 5.75 Å². The maximum Gasteiger partial charge on any atom is 0.365 e. The summed E-state index contributed by atoms with van der Waals surface area (Å²) in [6.07, 6.45) is -16.7. The molecule has 89 heavy (non-hydrogen) atoms. The summed E-state index contributed by atoms with van der Waals surface area (Å²) in [5.74, 6) is -6.11. The lowest BCUT2D eigenvalue weighted by Crippen LogP contribution is -2.66. The number of oxime groups is 1. The van der Waals surface area contributed by atoms with Crippen LogP contribution in [-0.4, -0.2) is 123 Å². The predicted molar refractivity (Wildman–Crippen MR) is 315 cm³/mol. The second kappa shape index (κ2) is 30.1. The van der Waals surface area contributed by atoms with Gasteiger partial charge < -0.3 is 56.9 Å². The van der Waals surface area contributed by atoms with E-state index in [0.29, 0.717) is 11.3 Å². The number of ether oxygens (including phenoxy) is 11. The predicted octanol–water partition coefficient (Wildman–Crippen LogP) is 9.88. The molecule has 0 radical (unpaired) electrons. The molecule has 20 heteroatoms. The Morgan fingerprint density at radius 3 is 1.16 bits per heavy atom. The lowest BCUT2D eigenvalue weighted by atomic mass is 9.96. The van der Waals surface area contributed by atoms with Gasteiger partial charge in [-0.1, -0.05) is 145 Å². The van der Waals surface area contributed by atoms with Crippen molar-refractivity contribution in [3.63, 3.8) is 0 Å². The third kappa shape index (κ3) is 16.1. The van der Waals surface area contributed by atoms with Gasteiger partial charge in [-0.2, -0.15) is 0 Å². The smallest absolute Gasteiger partial charge is 0.365 e. The molecule has 20 nitrogen and oxygen atoms in total. The molecule has 0 saturated carbocycles. The van der Waals surface area contributed by atoms with Crippen LogP contribution in [0.25, 0.3) is 0 Å². The van der Waals surface area contributed by atoms with E-state index >= 15 is 0 Å². The summed E-state index contributed by atoms with van der Waals surface area (Å²) in [4.78, 5) is 106. The van der Waals surface area contributed by atoms with Gasteiger partial charge in [0.25, 0.3) is 0 Å². The molecular weight excluding hydrogens is 1150 g/mol. The Labute approximate surface area is 510 Å². The number of carbonyl (C=O) groups excluding carboxylic acids is 7. The zero-order chi connectivity index (χ0) is 61.9. The number of hydrogen-bond donors (Lipinski definition) is 0. The highest BCUT2D eigenvalue weighted by Gasteiger charge is 2.57. The molecule has 8 aromatic rings. The average Bonchev–Trinajstić information content (AvgIpc) is 1.59. The quantitative estimate of drug-likeness (QED) is 0.0265. The summed E-state index contributed by atoms with van der Waals surface area (Å²) >= 11 is 0. The molecule has 2 heterocycles. The Morgan fingerprint density at radius 1 is 0.382 bits per heavy atom. The molecular formula is C69H57NO19. The van der Waals surface area contributed by atoms with Gasteiger partial charge in [-0.15, -0.1) is 0 Å². The number of hydrogen-bond acceptors (Lipinski definition) is 20. The summed E-state index contributed by atoms with van der Waals surface area (Å²) in [5.41, 5.74) is 0.504. The van der Waals surface area contributed by atoms with Crippen molar-refractivity contribution < 1.29 is 90.5 Å². The number of methoxy groups -OCH3 is 1. The van der Waals surface area contributed by atoms with E-state index in [0.717, 1.165) is 0 Å². The molecule has 452 valence electrons. The van der Waals surface area contributed by atoms with E-state index in [-0.39, 0.29) is 45.6 Å². The van der Waals surface area contributed by atoms with Crippen molar-refractivity contribution >= 4 is 47.5 Å². The van der Waals surface area contributed by atoms with Gasteiger partial charge in [0.2, 0.25) is 6.29 Å². The van der Waals surface area contributed by atoms with Crippen LogP contribution in [0.4, 0.5) is 0 Å². The molecule has 2 aliphatic rings. The summed E-state index contributed by atoms with van der Waals surface area (Å²) < 4.78 is 69.7. The molecule has 0 unspecified atom stereocenters. The maximum atomic E-state index is 14.7. The third-order valence-corrected chi connectivity index (χ3v) is 14.0. The van der Waals surface area contributed by atoms with Crippen molar-refractivity contribution in [2.45, 2.75) is 61.9 Å². The second-order valence-corrected chi connectivity index (χ2v) is 19.9. The fourth-order valence-electron chi connectivity index (χ4n) is 9.42. The average molecular weight is 1200 g/mol. The van der Waals surface area contributed by atoms with E-state index in [2.05, 4.69) is 5.16 Å². The van der Waals surface area contributed by atoms with Gasteiger partial charge in [0.05, 0.1) is 52.7 Å². The highest BCUT2D eigenvalue weighted by atomic mass is 16.8. The fourth-order valence-corrected chi connectivity index (χ4v) is 9.42. The summed E-state index contributed by atoms with van der Waals surface area (Å²) in [5, 5.41) is 4.31. The molecule has 0 aliphatic carbocycles. The first kappa shape index (κ1) is 61.4. The van der Waals surface area contributed by atoms with E-state index in [1.807, 2.05) is 0 Å². The molecule has 9 atom stereocenters. The van der Waals surface area contributed by atoms with Gasteiger partial charge in [0, 0.05) is 0 Å². The SMILES string of the molecule is COc1ccc(CO[C@H]2O[C@H](COC(=O)c3ccccc3)[C@@H](O[C@@H]3O[C@H](COC(=O)c4ccccc4)[C@H](OC(=O)c4ccccc4)[C@H](OC(=O)c4ccccc4)[C@H]3OC(=O)c3ccccc3)[C@H](OC(=O)c3ccccc3)C2=NOC(=O)c2ccccc2)cc1. The molecule has 0 spiro atoms.